The topological polar surface area (TPSA) is 74.0 Å². The van der Waals surface area contributed by atoms with Crippen molar-refractivity contribution >= 4 is 17.5 Å². The van der Waals surface area contributed by atoms with E-state index in [1.54, 1.807) is 27.9 Å². The standard InChI is InChI=1S/C19H22ClN5O/c1-4-17-16(9-12(2)25(17)11-21)23-19(26)14-6-5-13(10-15(14)20)18-7-8-22-24(18)3/h5-8,10,12,16-17H,4,9H2,1-3H3,(H,23,26)/t12-,16+,17+/m0/s1. The third-order valence-corrected chi connectivity index (χ3v) is 5.39. The molecule has 1 aromatic heterocycles. The zero-order valence-corrected chi connectivity index (χ0v) is 15.9. The van der Waals surface area contributed by atoms with Crippen molar-refractivity contribution in [3.63, 3.8) is 0 Å². The minimum Gasteiger partial charge on any atom is -0.347 e. The SMILES string of the molecule is CC[C@@H]1[C@H](NC(=O)c2ccc(-c3ccnn3C)cc2Cl)C[C@H](C)N1C#N. The Hall–Kier alpha value is -2.52. The van der Waals surface area contributed by atoms with Gasteiger partial charge in [-0.15, -0.1) is 0 Å². The van der Waals surface area contributed by atoms with Crippen molar-refractivity contribution in [3.05, 3.63) is 41.0 Å². The number of hydrogen-bond donors (Lipinski definition) is 1. The second-order valence-corrected chi connectivity index (χ2v) is 7.09. The molecule has 0 saturated carbocycles. The molecule has 2 heterocycles. The van der Waals surface area contributed by atoms with Crippen molar-refractivity contribution in [2.45, 2.75) is 44.8 Å². The highest BCUT2D eigenvalue weighted by Crippen LogP contribution is 2.28. The van der Waals surface area contributed by atoms with Gasteiger partial charge in [-0.05, 0) is 38.0 Å². The van der Waals surface area contributed by atoms with Crippen LogP contribution in [0.3, 0.4) is 0 Å². The number of benzene rings is 1. The lowest BCUT2D eigenvalue weighted by Crippen LogP contribution is -2.43. The van der Waals surface area contributed by atoms with Crippen molar-refractivity contribution in [1.82, 2.24) is 20.0 Å². The summed E-state index contributed by atoms with van der Waals surface area (Å²) in [5.74, 6) is -0.206. The van der Waals surface area contributed by atoms with Crippen LogP contribution in [0.1, 0.15) is 37.0 Å². The summed E-state index contributed by atoms with van der Waals surface area (Å²) in [6, 6.07) is 7.37. The largest absolute Gasteiger partial charge is 0.347 e. The lowest BCUT2D eigenvalue weighted by Gasteiger charge is -2.24. The Kier molecular flexibility index (Phi) is 5.19. The molecule has 26 heavy (non-hydrogen) atoms. The summed E-state index contributed by atoms with van der Waals surface area (Å²) >= 11 is 6.38. The summed E-state index contributed by atoms with van der Waals surface area (Å²) < 4.78 is 1.76. The summed E-state index contributed by atoms with van der Waals surface area (Å²) in [5, 5.41) is 16.9. The van der Waals surface area contributed by atoms with Gasteiger partial charge in [-0.25, -0.2) is 0 Å². The fraction of sp³-hybridized carbons (Fsp3) is 0.421. The van der Waals surface area contributed by atoms with Gasteiger partial charge < -0.3 is 10.2 Å². The van der Waals surface area contributed by atoms with Crippen molar-refractivity contribution in [2.75, 3.05) is 0 Å². The number of nitrogens with one attached hydrogen (secondary N) is 1. The number of aryl methyl sites for hydroxylation is 1. The number of halogens is 1. The maximum absolute atomic E-state index is 12.7. The van der Waals surface area contributed by atoms with Crippen molar-refractivity contribution in [2.24, 2.45) is 7.05 Å². The van der Waals surface area contributed by atoms with E-state index in [1.165, 1.54) is 0 Å². The fourth-order valence-electron chi connectivity index (χ4n) is 3.73. The molecule has 0 spiro atoms. The van der Waals surface area contributed by atoms with Gasteiger partial charge in [-0.3, -0.25) is 9.48 Å². The minimum absolute atomic E-state index is 0.0199. The number of nitrogens with zero attached hydrogens (tertiary/aromatic N) is 4. The van der Waals surface area contributed by atoms with Crippen LogP contribution in [-0.2, 0) is 7.05 Å². The molecular formula is C19H22ClN5O. The average molecular weight is 372 g/mol. The van der Waals surface area contributed by atoms with Crippen LogP contribution in [-0.4, -0.2) is 38.7 Å². The minimum atomic E-state index is -0.206. The highest BCUT2D eigenvalue weighted by atomic mass is 35.5. The predicted molar refractivity (Wildman–Crippen MR) is 101 cm³/mol. The van der Waals surface area contributed by atoms with Crippen LogP contribution in [0.25, 0.3) is 11.3 Å². The van der Waals surface area contributed by atoms with Gasteiger partial charge >= 0.3 is 0 Å². The molecule has 0 aliphatic carbocycles. The summed E-state index contributed by atoms with van der Waals surface area (Å²) in [4.78, 5) is 14.5. The zero-order valence-electron chi connectivity index (χ0n) is 15.1. The van der Waals surface area contributed by atoms with Gasteiger partial charge in [-0.1, -0.05) is 24.6 Å². The van der Waals surface area contributed by atoms with Crippen LogP contribution in [0, 0.1) is 11.5 Å². The Morgan fingerprint density at radius 2 is 2.23 bits per heavy atom. The number of amides is 1. The first-order valence-electron chi connectivity index (χ1n) is 8.73. The molecule has 0 bridgehead atoms. The highest BCUT2D eigenvalue weighted by molar-refractivity contribution is 6.34. The predicted octanol–water partition coefficient (Wildman–Crippen LogP) is 3.19. The quantitative estimate of drug-likeness (QED) is 0.837. The number of aromatic nitrogens is 2. The smallest absolute Gasteiger partial charge is 0.253 e. The van der Waals surface area contributed by atoms with Crippen LogP contribution in [0.4, 0.5) is 0 Å². The summed E-state index contributed by atoms with van der Waals surface area (Å²) in [6.07, 6.45) is 5.52. The molecule has 7 heteroatoms. The molecular weight excluding hydrogens is 350 g/mol. The normalized spacial score (nSPS) is 22.3. The number of carbonyl (C=O) groups is 1. The number of nitriles is 1. The van der Waals surface area contributed by atoms with Gasteiger partial charge in [0, 0.05) is 24.8 Å². The van der Waals surface area contributed by atoms with E-state index in [9.17, 15) is 10.1 Å². The summed E-state index contributed by atoms with van der Waals surface area (Å²) in [5.41, 5.74) is 2.28. The van der Waals surface area contributed by atoms with Gasteiger partial charge in [0.1, 0.15) is 0 Å². The highest BCUT2D eigenvalue weighted by Gasteiger charge is 2.38. The van der Waals surface area contributed by atoms with E-state index >= 15 is 0 Å². The molecule has 2 aromatic rings. The fourth-order valence-corrected chi connectivity index (χ4v) is 4.00. The molecule has 1 aliphatic heterocycles. The van der Waals surface area contributed by atoms with Gasteiger partial charge in [0.15, 0.2) is 6.19 Å². The van der Waals surface area contributed by atoms with Crippen LogP contribution in [0.15, 0.2) is 30.5 Å². The number of carbonyl (C=O) groups excluding carboxylic acids is 1. The molecule has 136 valence electrons. The van der Waals surface area contributed by atoms with E-state index in [1.807, 2.05) is 33.0 Å². The number of rotatable bonds is 4. The Balaban J connectivity index is 1.78. The Bertz CT molecular complexity index is 856. The maximum Gasteiger partial charge on any atom is 0.253 e. The molecule has 0 unspecified atom stereocenters. The average Bonchev–Trinajstić information content (AvgIpc) is 3.16. The Morgan fingerprint density at radius 1 is 1.46 bits per heavy atom. The first kappa shape index (κ1) is 18.3. The second-order valence-electron chi connectivity index (χ2n) is 6.68. The Labute approximate surface area is 158 Å². The maximum atomic E-state index is 12.7. The van der Waals surface area contributed by atoms with Gasteiger partial charge in [0.05, 0.1) is 28.4 Å². The van der Waals surface area contributed by atoms with E-state index in [0.29, 0.717) is 10.6 Å². The molecule has 1 saturated heterocycles. The van der Waals surface area contributed by atoms with Gasteiger partial charge in [0.25, 0.3) is 5.91 Å². The lowest BCUT2D eigenvalue weighted by molar-refractivity contribution is 0.0929. The van der Waals surface area contributed by atoms with Crippen LogP contribution in [0.2, 0.25) is 5.02 Å². The molecule has 1 N–H and O–H groups in total. The molecule has 1 aromatic carbocycles. The van der Waals surface area contributed by atoms with Crippen LogP contribution < -0.4 is 5.32 Å². The van der Waals surface area contributed by atoms with Crippen molar-refractivity contribution < 1.29 is 4.79 Å². The molecule has 1 aliphatic rings. The van der Waals surface area contributed by atoms with Gasteiger partial charge in [0.2, 0.25) is 0 Å². The van der Waals surface area contributed by atoms with Crippen molar-refractivity contribution in [3.8, 4) is 17.5 Å². The van der Waals surface area contributed by atoms with Crippen molar-refractivity contribution in [1.29, 1.82) is 5.26 Å². The summed E-state index contributed by atoms with van der Waals surface area (Å²) in [6.45, 7) is 4.04. The van der Waals surface area contributed by atoms with E-state index in [-0.39, 0.29) is 24.0 Å². The van der Waals surface area contributed by atoms with E-state index in [2.05, 4.69) is 16.6 Å². The summed E-state index contributed by atoms with van der Waals surface area (Å²) in [7, 11) is 1.86. The Morgan fingerprint density at radius 3 is 2.81 bits per heavy atom. The van der Waals surface area contributed by atoms with Crippen LogP contribution >= 0.6 is 11.6 Å². The molecule has 6 nitrogen and oxygen atoms in total. The monoisotopic (exact) mass is 371 g/mol. The van der Waals surface area contributed by atoms with Crippen LogP contribution in [0.5, 0.6) is 0 Å². The van der Waals surface area contributed by atoms with Gasteiger partial charge in [-0.2, -0.15) is 10.4 Å². The first-order chi connectivity index (χ1) is 12.5. The number of likely N-dealkylation sites (tertiary alicyclic amines) is 1. The second kappa shape index (κ2) is 7.38. The third kappa shape index (κ3) is 3.27. The molecule has 3 atom stereocenters. The lowest BCUT2D eigenvalue weighted by atomic mass is 10.0. The van der Waals surface area contributed by atoms with E-state index < -0.39 is 0 Å². The third-order valence-electron chi connectivity index (χ3n) is 5.07. The molecule has 1 fully saturated rings. The molecule has 1 amide bonds. The van der Waals surface area contributed by atoms with E-state index in [0.717, 1.165) is 24.1 Å². The molecule has 0 radical (unpaired) electrons. The van der Waals surface area contributed by atoms with E-state index in [4.69, 9.17) is 11.6 Å². The first-order valence-corrected chi connectivity index (χ1v) is 9.10. The zero-order chi connectivity index (χ0) is 18.8. The number of hydrogen-bond acceptors (Lipinski definition) is 4. The molecule has 3 rings (SSSR count).